The maximum atomic E-state index is 8.65. The van der Waals surface area contributed by atoms with Crippen LogP contribution in [0.5, 0.6) is 0 Å². The van der Waals surface area contributed by atoms with Crippen molar-refractivity contribution in [1.82, 2.24) is 0 Å². The second kappa shape index (κ2) is 3.79. The molecule has 0 saturated heterocycles. The number of hydroxylamine groups is 3. The lowest BCUT2D eigenvalue weighted by Gasteiger charge is -2.22. The summed E-state index contributed by atoms with van der Waals surface area (Å²) in [6, 6.07) is 0. The molecular weight excluding hydrogens is 122 g/mol. The van der Waals surface area contributed by atoms with E-state index in [-0.39, 0.29) is 5.48 Å². The van der Waals surface area contributed by atoms with E-state index in [4.69, 9.17) is 9.94 Å². The molecule has 0 aliphatic heterocycles. The van der Waals surface area contributed by atoms with E-state index in [9.17, 15) is 0 Å². The Balaban J connectivity index is 0. The average molecular weight is 137 g/mol. The van der Waals surface area contributed by atoms with E-state index in [0.717, 1.165) is 0 Å². The molecule has 0 aromatic carbocycles. The zero-order valence-electron chi connectivity index (χ0n) is 6.33. The van der Waals surface area contributed by atoms with Gasteiger partial charge < -0.3 is 10.6 Å². The van der Waals surface area contributed by atoms with Crippen LogP contribution >= 0.6 is 0 Å². The van der Waals surface area contributed by atoms with Crippen LogP contribution in [0.4, 0.5) is 0 Å². The summed E-state index contributed by atoms with van der Waals surface area (Å²) in [7, 11) is 5.52. The lowest BCUT2D eigenvalue weighted by Crippen LogP contribution is -2.37. The Kier molecular flexibility index (Phi) is 4.89. The Morgan fingerprint density at radius 3 is 1.67 bits per heavy atom. The average Bonchev–Trinajstić information content (AvgIpc) is 1.21. The van der Waals surface area contributed by atoms with Gasteiger partial charge in [0.25, 0.3) is 0 Å². The van der Waals surface area contributed by atoms with Crippen LogP contribution in [0.1, 0.15) is 6.92 Å². The quantitative estimate of drug-likeness (QED) is 0.325. The highest BCUT2D eigenvalue weighted by atomic mass is 16.8. The van der Waals surface area contributed by atoms with Gasteiger partial charge in [0.05, 0.1) is 21.1 Å². The fraction of sp³-hybridized carbons (Fsp3) is 1.00. The van der Waals surface area contributed by atoms with E-state index in [1.54, 1.807) is 6.92 Å². The second-order valence-electron chi connectivity index (χ2n) is 2.59. The standard InChI is InChI=1S/C5H14NO2.H2O/c1-5(7)8-6(2,3)4;/h5,7H,1-4H3;1H2/q+1;/p-1. The smallest absolute Gasteiger partial charge is 0.210 e. The van der Waals surface area contributed by atoms with Crippen molar-refractivity contribution < 1.29 is 20.1 Å². The van der Waals surface area contributed by atoms with Crippen molar-refractivity contribution in [2.24, 2.45) is 0 Å². The molecule has 0 saturated carbocycles. The van der Waals surface area contributed by atoms with Crippen LogP contribution in [0.15, 0.2) is 0 Å². The largest absolute Gasteiger partial charge is 0.870 e. The first-order chi connectivity index (χ1) is 3.42. The van der Waals surface area contributed by atoms with Gasteiger partial charge in [-0.15, -0.1) is 0 Å². The second-order valence-corrected chi connectivity index (χ2v) is 2.59. The zero-order valence-corrected chi connectivity index (χ0v) is 6.33. The third-order valence-electron chi connectivity index (χ3n) is 0.469. The number of aliphatic hydroxyl groups is 1. The van der Waals surface area contributed by atoms with Crippen molar-refractivity contribution in [1.29, 1.82) is 0 Å². The van der Waals surface area contributed by atoms with Gasteiger partial charge in [-0.1, -0.05) is 0 Å². The Hall–Kier alpha value is -0.160. The van der Waals surface area contributed by atoms with Crippen LogP contribution in [0.2, 0.25) is 0 Å². The summed E-state index contributed by atoms with van der Waals surface area (Å²) in [4.78, 5) is 4.93. The van der Waals surface area contributed by atoms with E-state index in [1.165, 1.54) is 0 Å². The van der Waals surface area contributed by atoms with Crippen molar-refractivity contribution >= 4 is 0 Å². The number of rotatable bonds is 2. The van der Waals surface area contributed by atoms with Crippen molar-refractivity contribution in [2.45, 2.75) is 13.2 Å². The first-order valence-corrected chi connectivity index (χ1v) is 2.60. The van der Waals surface area contributed by atoms with Gasteiger partial charge in [0, 0.05) is 0 Å². The van der Waals surface area contributed by atoms with Crippen molar-refractivity contribution in [3.05, 3.63) is 0 Å². The fourth-order valence-electron chi connectivity index (χ4n) is 0.458. The van der Waals surface area contributed by atoms with Gasteiger partial charge in [-0.05, 0) is 6.92 Å². The molecule has 9 heavy (non-hydrogen) atoms. The summed E-state index contributed by atoms with van der Waals surface area (Å²) in [5.41, 5.74) is 0. The molecule has 2 N–H and O–H groups in total. The third-order valence-corrected chi connectivity index (χ3v) is 0.469. The summed E-state index contributed by atoms with van der Waals surface area (Å²) in [5, 5.41) is 8.65. The van der Waals surface area contributed by atoms with Crippen molar-refractivity contribution in [3.8, 4) is 0 Å². The van der Waals surface area contributed by atoms with Crippen LogP contribution in [-0.4, -0.2) is 42.7 Å². The fourth-order valence-corrected chi connectivity index (χ4v) is 0.458. The number of hydrogen-bond acceptors (Lipinski definition) is 3. The van der Waals surface area contributed by atoms with Crippen LogP contribution < -0.4 is 0 Å². The normalized spacial score (nSPS) is 14.3. The van der Waals surface area contributed by atoms with E-state index < -0.39 is 6.29 Å². The summed E-state index contributed by atoms with van der Waals surface area (Å²) in [6.45, 7) is 1.59. The van der Waals surface area contributed by atoms with Gasteiger partial charge >= 0.3 is 0 Å². The lowest BCUT2D eigenvalue weighted by molar-refractivity contribution is -1.07. The predicted octanol–water partition coefficient (Wildman–Crippen LogP) is -0.214. The number of hydrogen-bond donors (Lipinski definition) is 1. The van der Waals surface area contributed by atoms with Crippen LogP contribution in [0.25, 0.3) is 0 Å². The highest BCUT2D eigenvalue weighted by Crippen LogP contribution is 1.95. The van der Waals surface area contributed by atoms with E-state index in [2.05, 4.69) is 0 Å². The molecule has 0 aliphatic carbocycles. The van der Waals surface area contributed by atoms with E-state index in [1.807, 2.05) is 21.1 Å². The predicted molar refractivity (Wildman–Crippen MR) is 32.7 cm³/mol. The van der Waals surface area contributed by atoms with E-state index >= 15 is 0 Å². The first kappa shape index (κ1) is 11.6. The Bertz CT molecular complexity index is 67.1. The molecule has 0 aliphatic rings. The molecule has 0 rings (SSSR count). The molecule has 0 aromatic heterocycles. The monoisotopic (exact) mass is 137 g/mol. The molecular formula is C5H15NO3. The molecule has 1 atom stereocenters. The molecule has 4 nitrogen and oxygen atoms in total. The van der Waals surface area contributed by atoms with Gasteiger partial charge in [0.2, 0.25) is 6.29 Å². The minimum Gasteiger partial charge on any atom is -0.870 e. The summed E-state index contributed by atoms with van der Waals surface area (Å²) in [5.74, 6) is 0. The number of aliphatic hydroxyl groups excluding tert-OH is 1. The molecule has 0 aromatic rings. The Labute approximate surface area is 55.5 Å². The Morgan fingerprint density at radius 2 is 1.67 bits per heavy atom. The third kappa shape index (κ3) is 11.4. The van der Waals surface area contributed by atoms with Gasteiger partial charge in [0.1, 0.15) is 0 Å². The summed E-state index contributed by atoms with van der Waals surface area (Å²) in [6.07, 6.45) is -0.685. The molecule has 0 heterocycles. The molecule has 0 bridgehead atoms. The summed E-state index contributed by atoms with van der Waals surface area (Å²) >= 11 is 0. The molecule has 1 unspecified atom stereocenters. The highest BCUT2D eigenvalue weighted by molar-refractivity contribution is 4.09. The van der Waals surface area contributed by atoms with E-state index in [0.29, 0.717) is 4.65 Å². The van der Waals surface area contributed by atoms with Gasteiger partial charge in [0.15, 0.2) is 0 Å². The molecule has 58 valence electrons. The number of quaternary nitrogens is 1. The minimum absolute atomic E-state index is 0. The molecule has 0 spiro atoms. The topological polar surface area (TPSA) is 59.5 Å². The van der Waals surface area contributed by atoms with Crippen LogP contribution in [0.3, 0.4) is 0 Å². The van der Waals surface area contributed by atoms with Gasteiger partial charge in [-0.25, -0.2) is 0 Å². The molecule has 0 amide bonds. The maximum absolute atomic E-state index is 8.65. The minimum atomic E-state index is -0.685. The maximum Gasteiger partial charge on any atom is 0.210 e. The van der Waals surface area contributed by atoms with Crippen LogP contribution in [-0.2, 0) is 4.84 Å². The zero-order chi connectivity index (χ0) is 6.78. The molecule has 0 radical (unpaired) electrons. The molecule has 4 heteroatoms. The SMILES string of the molecule is CC(O)O[N+](C)(C)C.[OH-]. The highest BCUT2D eigenvalue weighted by Gasteiger charge is 2.10. The molecule has 0 fully saturated rings. The van der Waals surface area contributed by atoms with Crippen LogP contribution in [0, 0.1) is 0 Å². The van der Waals surface area contributed by atoms with Crippen molar-refractivity contribution in [3.63, 3.8) is 0 Å². The Morgan fingerprint density at radius 1 is 1.33 bits per heavy atom. The summed E-state index contributed by atoms with van der Waals surface area (Å²) < 4.78 is 0.331. The van der Waals surface area contributed by atoms with Gasteiger partial charge in [-0.2, -0.15) is 9.48 Å². The lowest BCUT2D eigenvalue weighted by atomic mass is 10.8. The number of nitrogens with zero attached hydrogens (tertiary/aromatic N) is 1. The first-order valence-electron chi connectivity index (χ1n) is 2.60. The van der Waals surface area contributed by atoms with Crippen molar-refractivity contribution in [2.75, 3.05) is 21.1 Å². The van der Waals surface area contributed by atoms with Gasteiger partial charge in [-0.3, -0.25) is 0 Å².